The number of ether oxygens (including phenoxy) is 1. The molecule has 29 heavy (non-hydrogen) atoms. The van der Waals surface area contributed by atoms with Crippen molar-refractivity contribution in [2.75, 3.05) is 13.1 Å². The molecule has 1 aliphatic rings. The number of ketones is 1. The molecule has 0 bridgehead atoms. The van der Waals surface area contributed by atoms with Gasteiger partial charge < -0.3 is 9.64 Å². The second-order valence-corrected chi connectivity index (χ2v) is 7.80. The topological polar surface area (TPSA) is 63.7 Å². The molecule has 1 atom stereocenters. The second kappa shape index (κ2) is 9.03. The van der Waals surface area contributed by atoms with Crippen LogP contribution in [0.1, 0.15) is 58.5 Å². The number of nitrogens with zero attached hydrogens (tertiary/aromatic N) is 1. The molecule has 2 aromatic carbocycles. The molecule has 2 aromatic rings. The zero-order valence-corrected chi connectivity index (χ0v) is 17.2. The first-order valence-electron chi connectivity index (χ1n) is 10.1. The van der Waals surface area contributed by atoms with Crippen LogP contribution < -0.4 is 0 Å². The van der Waals surface area contributed by atoms with Gasteiger partial charge in [0.05, 0.1) is 5.56 Å². The SMILES string of the molecule is Cc1ccc(C(=O)c2ccccc2C(=O)O[C@@H](C)C(=O)N2CCC(C)CC2)cc1. The molecule has 1 fully saturated rings. The van der Waals surface area contributed by atoms with E-state index in [9.17, 15) is 14.4 Å². The van der Waals surface area contributed by atoms with Crippen molar-refractivity contribution in [2.24, 2.45) is 5.92 Å². The number of rotatable bonds is 5. The van der Waals surface area contributed by atoms with Gasteiger partial charge in [-0.1, -0.05) is 55.0 Å². The van der Waals surface area contributed by atoms with E-state index in [0.717, 1.165) is 18.4 Å². The molecule has 1 heterocycles. The van der Waals surface area contributed by atoms with Crippen LogP contribution in [0.15, 0.2) is 48.5 Å². The average Bonchev–Trinajstić information content (AvgIpc) is 2.73. The fourth-order valence-electron chi connectivity index (χ4n) is 3.48. The van der Waals surface area contributed by atoms with Crippen LogP contribution in [0.3, 0.4) is 0 Å². The summed E-state index contributed by atoms with van der Waals surface area (Å²) in [5.41, 5.74) is 1.99. The van der Waals surface area contributed by atoms with E-state index in [2.05, 4.69) is 6.92 Å². The lowest BCUT2D eigenvalue weighted by molar-refractivity contribution is -0.141. The van der Waals surface area contributed by atoms with E-state index in [1.165, 1.54) is 0 Å². The highest BCUT2D eigenvalue weighted by Crippen LogP contribution is 2.19. The normalized spacial score (nSPS) is 15.6. The van der Waals surface area contributed by atoms with E-state index in [1.807, 2.05) is 19.1 Å². The van der Waals surface area contributed by atoms with Gasteiger partial charge in [0.15, 0.2) is 11.9 Å². The van der Waals surface area contributed by atoms with Gasteiger partial charge in [-0.2, -0.15) is 0 Å². The highest BCUT2D eigenvalue weighted by atomic mass is 16.5. The third-order valence-corrected chi connectivity index (χ3v) is 5.43. The molecule has 152 valence electrons. The van der Waals surface area contributed by atoms with Crippen LogP contribution in [0, 0.1) is 12.8 Å². The third kappa shape index (κ3) is 4.91. The minimum Gasteiger partial charge on any atom is -0.449 e. The summed E-state index contributed by atoms with van der Waals surface area (Å²) < 4.78 is 5.44. The first-order chi connectivity index (χ1) is 13.9. The Bertz CT molecular complexity index is 895. The molecule has 0 aliphatic carbocycles. The Morgan fingerprint density at radius 3 is 2.17 bits per heavy atom. The van der Waals surface area contributed by atoms with Gasteiger partial charge in [0.1, 0.15) is 0 Å². The first kappa shape index (κ1) is 20.8. The Labute approximate surface area is 171 Å². The van der Waals surface area contributed by atoms with Crippen molar-refractivity contribution in [2.45, 2.75) is 39.7 Å². The quantitative estimate of drug-likeness (QED) is 0.568. The lowest BCUT2D eigenvalue weighted by Gasteiger charge is -2.31. The van der Waals surface area contributed by atoms with Crippen molar-refractivity contribution in [3.8, 4) is 0 Å². The number of benzene rings is 2. The summed E-state index contributed by atoms with van der Waals surface area (Å²) in [5, 5.41) is 0. The molecule has 1 amide bonds. The van der Waals surface area contributed by atoms with Gasteiger partial charge in [-0.15, -0.1) is 0 Å². The third-order valence-electron chi connectivity index (χ3n) is 5.43. The Kier molecular flexibility index (Phi) is 6.47. The van der Waals surface area contributed by atoms with Crippen LogP contribution >= 0.6 is 0 Å². The number of carbonyl (C=O) groups excluding carboxylic acids is 3. The highest BCUT2D eigenvalue weighted by Gasteiger charge is 2.28. The van der Waals surface area contributed by atoms with Crippen LogP contribution in [0.2, 0.25) is 0 Å². The molecular weight excluding hydrogens is 366 g/mol. The van der Waals surface area contributed by atoms with Gasteiger partial charge >= 0.3 is 5.97 Å². The fraction of sp³-hybridized carbons (Fsp3) is 0.375. The highest BCUT2D eigenvalue weighted by molar-refractivity contribution is 6.14. The molecule has 0 radical (unpaired) electrons. The van der Waals surface area contributed by atoms with Crippen molar-refractivity contribution >= 4 is 17.7 Å². The van der Waals surface area contributed by atoms with Crippen molar-refractivity contribution < 1.29 is 19.1 Å². The van der Waals surface area contributed by atoms with Crippen LogP contribution in [0.5, 0.6) is 0 Å². The Morgan fingerprint density at radius 1 is 0.966 bits per heavy atom. The van der Waals surface area contributed by atoms with Gasteiger partial charge in [0, 0.05) is 24.2 Å². The standard InChI is InChI=1S/C24H27NO4/c1-16-8-10-19(11-9-16)22(26)20-6-4-5-7-21(20)24(28)29-18(3)23(27)25-14-12-17(2)13-15-25/h4-11,17-18H,12-15H2,1-3H3/t18-/m0/s1. The summed E-state index contributed by atoms with van der Waals surface area (Å²) in [6.45, 7) is 7.08. The Balaban J connectivity index is 1.73. The average molecular weight is 393 g/mol. The maximum absolute atomic E-state index is 12.9. The Hall–Kier alpha value is -2.95. The maximum atomic E-state index is 12.9. The number of aryl methyl sites for hydroxylation is 1. The summed E-state index contributed by atoms with van der Waals surface area (Å²) in [7, 11) is 0. The number of esters is 1. The van der Waals surface area contributed by atoms with E-state index in [1.54, 1.807) is 48.2 Å². The summed E-state index contributed by atoms with van der Waals surface area (Å²) in [5.74, 6) is -0.488. The molecule has 5 nitrogen and oxygen atoms in total. The molecular formula is C24H27NO4. The second-order valence-electron chi connectivity index (χ2n) is 7.80. The van der Waals surface area contributed by atoms with Crippen LogP contribution in [-0.4, -0.2) is 41.8 Å². The molecule has 1 aliphatic heterocycles. The first-order valence-corrected chi connectivity index (χ1v) is 10.1. The molecule has 0 saturated carbocycles. The zero-order valence-electron chi connectivity index (χ0n) is 17.2. The number of hydrogen-bond donors (Lipinski definition) is 0. The van der Waals surface area contributed by atoms with E-state index in [4.69, 9.17) is 4.74 Å². The van der Waals surface area contributed by atoms with Gasteiger partial charge in [-0.25, -0.2) is 4.79 Å². The van der Waals surface area contributed by atoms with Crippen LogP contribution in [0.25, 0.3) is 0 Å². The van der Waals surface area contributed by atoms with E-state index < -0.39 is 12.1 Å². The number of carbonyl (C=O) groups is 3. The minimum absolute atomic E-state index is 0.171. The summed E-state index contributed by atoms with van der Waals surface area (Å²) in [6.07, 6.45) is 1.03. The molecule has 0 N–H and O–H groups in total. The Morgan fingerprint density at radius 2 is 1.55 bits per heavy atom. The van der Waals surface area contributed by atoms with E-state index in [-0.39, 0.29) is 22.8 Å². The molecule has 1 saturated heterocycles. The largest absolute Gasteiger partial charge is 0.449 e. The molecule has 5 heteroatoms. The predicted molar refractivity (Wildman–Crippen MR) is 111 cm³/mol. The molecule has 0 spiro atoms. The van der Waals surface area contributed by atoms with Crippen molar-refractivity contribution in [3.05, 3.63) is 70.8 Å². The van der Waals surface area contributed by atoms with Crippen molar-refractivity contribution in [1.29, 1.82) is 0 Å². The maximum Gasteiger partial charge on any atom is 0.339 e. The van der Waals surface area contributed by atoms with Gasteiger partial charge in [0.25, 0.3) is 5.91 Å². The van der Waals surface area contributed by atoms with Crippen molar-refractivity contribution in [1.82, 2.24) is 4.90 Å². The molecule has 0 unspecified atom stereocenters. The zero-order chi connectivity index (χ0) is 21.0. The van der Waals surface area contributed by atoms with Gasteiger partial charge in [0.2, 0.25) is 0 Å². The number of piperidine rings is 1. The fourth-order valence-corrected chi connectivity index (χ4v) is 3.48. The lowest BCUT2D eigenvalue weighted by Crippen LogP contribution is -2.44. The number of amides is 1. The number of likely N-dealkylation sites (tertiary alicyclic amines) is 1. The van der Waals surface area contributed by atoms with Gasteiger partial charge in [-0.05, 0) is 38.7 Å². The minimum atomic E-state index is -0.890. The number of hydrogen-bond acceptors (Lipinski definition) is 4. The summed E-state index contributed by atoms with van der Waals surface area (Å²) in [6, 6.07) is 13.7. The smallest absolute Gasteiger partial charge is 0.339 e. The van der Waals surface area contributed by atoms with Gasteiger partial charge in [-0.3, -0.25) is 9.59 Å². The van der Waals surface area contributed by atoms with Crippen molar-refractivity contribution in [3.63, 3.8) is 0 Å². The lowest BCUT2D eigenvalue weighted by atomic mass is 9.97. The predicted octanol–water partition coefficient (Wildman–Crippen LogP) is 4.03. The van der Waals surface area contributed by atoms with Crippen LogP contribution in [0.4, 0.5) is 0 Å². The molecule has 3 rings (SSSR count). The van der Waals surface area contributed by atoms with Crippen LogP contribution in [-0.2, 0) is 9.53 Å². The monoisotopic (exact) mass is 393 g/mol. The molecule has 0 aromatic heterocycles. The van der Waals surface area contributed by atoms with E-state index in [0.29, 0.717) is 24.6 Å². The summed E-state index contributed by atoms with van der Waals surface area (Å²) in [4.78, 5) is 40.0. The van der Waals surface area contributed by atoms with E-state index >= 15 is 0 Å². The summed E-state index contributed by atoms with van der Waals surface area (Å²) >= 11 is 0.